The number of hydrogen-bond acceptors (Lipinski definition) is 5. The molecular weight excluding hydrogens is 298 g/mol. The molecule has 0 aliphatic heterocycles. The predicted octanol–water partition coefficient (Wildman–Crippen LogP) is 2.23. The third-order valence-corrected chi connectivity index (χ3v) is 2.90. The van der Waals surface area contributed by atoms with Crippen molar-refractivity contribution >= 4 is 17.4 Å². The van der Waals surface area contributed by atoms with Gasteiger partial charge in [0.25, 0.3) is 11.6 Å². The Bertz CT molecular complexity index is 740. The van der Waals surface area contributed by atoms with Gasteiger partial charge in [0.2, 0.25) is 0 Å². The largest absolute Gasteiger partial charge is 0.305 e. The molecule has 23 heavy (non-hydrogen) atoms. The first-order valence-electron chi connectivity index (χ1n) is 6.64. The molecule has 0 saturated heterocycles. The van der Waals surface area contributed by atoms with E-state index in [2.05, 4.69) is 10.9 Å². The van der Waals surface area contributed by atoms with Crippen molar-refractivity contribution in [1.82, 2.24) is 10.9 Å². The molecule has 2 rings (SSSR count). The zero-order chi connectivity index (χ0) is 16.7. The lowest BCUT2D eigenvalue weighted by atomic mass is 10.1. The van der Waals surface area contributed by atoms with Crippen molar-refractivity contribution in [2.75, 3.05) is 0 Å². The summed E-state index contributed by atoms with van der Waals surface area (Å²) in [7, 11) is 0. The summed E-state index contributed by atoms with van der Waals surface area (Å²) in [5.41, 5.74) is 5.54. The number of carbonyl (C=O) groups excluding carboxylic acids is 2. The maximum atomic E-state index is 11.8. The van der Waals surface area contributed by atoms with Crippen LogP contribution in [0.1, 0.15) is 20.7 Å². The number of carbonyl (C=O) groups is 2. The number of rotatable bonds is 6. The van der Waals surface area contributed by atoms with Gasteiger partial charge in [-0.3, -0.25) is 25.1 Å². The summed E-state index contributed by atoms with van der Waals surface area (Å²) >= 11 is 0. The Morgan fingerprint density at radius 3 is 2.22 bits per heavy atom. The molecule has 0 radical (unpaired) electrons. The Morgan fingerprint density at radius 2 is 1.61 bits per heavy atom. The van der Waals surface area contributed by atoms with Crippen LogP contribution in [0.15, 0.2) is 66.9 Å². The van der Waals surface area contributed by atoms with E-state index in [0.717, 1.165) is 0 Å². The molecule has 0 aliphatic carbocycles. The number of nitrogens with zero attached hydrogens (tertiary/aromatic N) is 1. The summed E-state index contributed by atoms with van der Waals surface area (Å²) in [4.78, 5) is 33.5. The summed E-state index contributed by atoms with van der Waals surface area (Å²) in [6.45, 7) is 0. The number of hydrazine groups is 1. The molecule has 2 aromatic carbocycles. The number of amides is 1. The molecule has 2 aromatic rings. The van der Waals surface area contributed by atoms with Crippen LogP contribution in [0.5, 0.6) is 0 Å². The second-order valence-corrected chi connectivity index (χ2v) is 4.47. The Balaban J connectivity index is 1.86. The molecule has 0 aliphatic rings. The molecule has 0 heterocycles. The van der Waals surface area contributed by atoms with Crippen LogP contribution < -0.4 is 10.9 Å². The van der Waals surface area contributed by atoms with E-state index in [1.54, 1.807) is 24.3 Å². The first kappa shape index (κ1) is 15.9. The average molecular weight is 311 g/mol. The number of nitro benzene ring substituents is 1. The maximum Gasteiger partial charge on any atom is 0.269 e. The van der Waals surface area contributed by atoms with Crippen molar-refractivity contribution in [2.45, 2.75) is 0 Å². The number of benzene rings is 2. The Hall–Kier alpha value is -3.48. The molecular formula is C16H13N3O4. The van der Waals surface area contributed by atoms with Crippen LogP contribution in [0.2, 0.25) is 0 Å². The fraction of sp³-hybridized carbons (Fsp3) is 0. The standard InChI is InChI=1S/C16H13N3O4/c20-15(12-4-2-1-3-5-12)10-11-17-18-16(21)13-6-8-14(9-7-13)19(22)23/h1-11,17H,(H,18,21). The van der Waals surface area contributed by atoms with E-state index in [1.807, 2.05) is 6.07 Å². The number of ketones is 1. The van der Waals surface area contributed by atoms with Crippen molar-refractivity contribution in [3.8, 4) is 0 Å². The van der Waals surface area contributed by atoms with Crippen LogP contribution in [0.3, 0.4) is 0 Å². The molecule has 0 bridgehead atoms. The summed E-state index contributed by atoms with van der Waals surface area (Å²) in [6, 6.07) is 13.8. The van der Waals surface area contributed by atoms with Crippen molar-refractivity contribution in [1.29, 1.82) is 0 Å². The van der Waals surface area contributed by atoms with Gasteiger partial charge in [-0.2, -0.15) is 0 Å². The molecule has 0 atom stereocenters. The van der Waals surface area contributed by atoms with Gasteiger partial charge >= 0.3 is 0 Å². The van der Waals surface area contributed by atoms with Crippen LogP contribution >= 0.6 is 0 Å². The van der Waals surface area contributed by atoms with Crippen LogP contribution in [0, 0.1) is 10.1 Å². The first-order chi connectivity index (χ1) is 11.1. The summed E-state index contributed by atoms with van der Waals surface area (Å²) in [6.07, 6.45) is 2.59. The minimum absolute atomic E-state index is 0.0946. The van der Waals surface area contributed by atoms with E-state index in [4.69, 9.17) is 0 Å². The van der Waals surface area contributed by atoms with E-state index in [0.29, 0.717) is 5.56 Å². The molecule has 116 valence electrons. The molecule has 0 fully saturated rings. The van der Waals surface area contributed by atoms with Crippen molar-refractivity contribution < 1.29 is 14.5 Å². The zero-order valence-electron chi connectivity index (χ0n) is 11.9. The molecule has 1 amide bonds. The van der Waals surface area contributed by atoms with Crippen molar-refractivity contribution in [3.05, 3.63) is 88.1 Å². The van der Waals surface area contributed by atoms with Gasteiger partial charge in [-0.1, -0.05) is 30.3 Å². The van der Waals surface area contributed by atoms with Gasteiger partial charge < -0.3 is 5.43 Å². The molecule has 0 spiro atoms. The first-order valence-corrected chi connectivity index (χ1v) is 6.64. The van der Waals surface area contributed by atoms with E-state index in [1.165, 1.54) is 36.5 Å². The Labute approximate surface area is 131 Å². The van der Waals surface area contributed by atoms with Crippen LogP contribution in [0.4, 0.5) is 5.69 Å². The molecule has 7 nitrogen and oxygen atoms in total. The van der Waals surface area contributed by atoms with Gasteiger partial charge in [0.05, 0.1) is 4.92 Å². The van der Waals surface area contributed by atoms with Crippen molar-refractivity contribution in [3.63, 3.8) is 0 Å². The van der Waals surface area contributed by atoms with Gasteiger partial charge in [-0.25, -0.2) is 0 Å². The lowest BCUT2D eigenvalue weighted by Crippen LogP contribution is -2.33. The van der Waals surface area contributed by atoms with Gasteiger partial charge in [-0.15, -0.1) is 0 Å². The average Bonchev–Trinajstić information content (AvgIpc) is 2.59. The highest BCUT2D eigenvalue weighted by molar-refractivity contribution is 6.04. The summed E-state index contributed by atoms with van der Waals surface area (Å²) in [5.74, 6) is -0.681. The minimum Gasteiger partial charge on any atom is -0.305 e. The zero-order valence-corrected chi connectivity index (χ0v) is 11.9. The lowest BCUT2D eigenvalue weighted by molar-refractivity contribution is -0.384. The fourth-order valence-electron chi connectivity index (χ4n) is 1.73. The topological polar surface area (TPSA) is 101 Å². The summed E-state index contributed by atoms with van der Waals surface area (Å²) < 4.78 is 0. The molecule has 0 aromatic heterocycles. The smallest absolute Gasteiger partial charge is 0.269 e. The molecule has 0 unspecified atom stereocenters. The normalized spacial score (nSPS) is 10.3. The minimum atomic E-state index is -0.544. The second-order valence-electron chi connectivity index (χ2n) is 4.47. The monoisotopic (exact) mass is 311 g/mol. The van der Waals surface area contributed by atoms with Crippen LogP contribution in [0.25, 0.3) is 0 Å². The van der Waals surface area contributed by atoms with E-state index in [-0.39, 0.29) is 17.0 Å². The number of nitrogens with one attached hydrogen (secondary N) is 2. The highest BCUT2D eigenvalue weighted by Gasteiger charge is 2.08. The second kappa shape index (κ2) is 7.51. The van der Waals surface area contributed by atoms with Gasteiger partial charge in [0.15, 0.2) is 5.78 Å². The number of hydrogen-bond donors (Lipinski definition) is 2. The quantitative estimate of drug-likeness (QED) is 0.369. The van der Waals surface area contributed by atoms with Gasteiger partial charge in [-0.05, 0) is 12.1 Å². The van der Waals surface area contributed by atoms with Crippen LogP contribution in [-0.4, -0.2) is 16.6 Å². The molecule has 2 N–H and O–H groups in total. The van der Waals surface area contributed by atoms with Crippen molar-refractivity contribution in [2.24, 2.45) is 0 Å². The SMILES string of the molecule is O=C(C=CNNC(=O)c1ccc([N+](=O)[O-])cc1)c1ccccc1. The van der Waals surface area contributed by atoms with E-state index < -0.39 is 10.8 Å². The number of non-ortho nitro benzene ring substituents is 1. The predicted molar refractivity (Wildman–Crippen MR) is 83.6 cm³/mol. The fourth-order valence-corrected chi connectivity index (χ4v) is 1.73. The maximum absolute atomic E-state index is 11.8. The number of nitro groups is 1. The highest BCUT2D eigenvalue weighted by atomic mass is 16.6. The van der Waals surface area contributed by atoms with Crippen LogP contribution in [-0.2, 0) is 0 Å². The van der Waals surface area contributed by atoms with E-state index >= 15 is 0 Å². The number of allylic oxidation sites excluding steroid dienone is 1. The lowest BCUT2D eigenvalue weighted by Gasteiger charge is -2.04. The Morgan fingerprint density at radius 1 is 0.957 bits per heavy atom. The van der Waals surface area contributed by atoms with E-state index in [9.17, 15) is 19.7 Å². The molecule has 7 heteroatoms. The third-order valence-electron chi connectivity index (χ3n) is 2.90. The van der Waals surface area contributed by atoms with Gasteiger partial charge in [0, 0.05) is 35.5 Å². The Kier molecular flexibility index (Phi) is 5.19. The van der Waals surface area contributed by atoms with Gasteiger partial charge in [0.1, 0.15) is 0 Å². The third kappa shape index (κ3) is 4.50. The molecule has 0 saturated carbocycles. The highest BCUT2D eigenvalue weighted by Crippen LogP contribution is 2.11. The summed E-state index contributed by atoms with van der Waals surface area (Å²) in [5, 5.41) is 10.5.